The number of rotatable bonds is 5. The molecular weight excluding hydrogens is 296 g/mol. The molecular formula is C14H15ClN2O2S. The van der Waals surface area contributed by atoms with Gasteiger partial charge in [0, 0.05) is 18.5 Å². The molecule has 20 heavy (non-hydrogen) atoms. The molecule has 4 nitrogen and oxygen atoms in total. The third-order valence-electron chi connectivity index (χ3n) is 2.82. The van der Waals surface area contributed by atoms with Crippen molar-refractivity contribution in [2.24, 2.45) is 0 Å². The van der Waals surface area contributed by atoms with Crippen LogP contribution in [0, 0.1) is 0 Å². The van der Waals surface area contributed by atoms with E-state index in [1.165, 1.54) is 25.4 Å². The fraction of sp³-hybridized carbons (Fsp3) is 0.214. The summed E-state index contributed by atoms with van der Waals surface area (Å²) < 4.78 is 5.26. The average molecular weight is 311 g/mol. The van der Waals surface area contributed by atoms with Gasteiger partial charge in [0.2, 0.25) is 0 Å². The number of ether oxygens (including phenoxy) is 1. The summed E-state index contributed by atoms with van der Waals surface area (Å²) in [5.41, 5.74) is 7.26. The first-order valence-electron chi connectivity index (χ1n) is 5.99. The number of thiophene rings is 1. The fourth-order valence-electron chi connectivity index (χ4n) is 1.83. The van der Waals surface area contributed by atoms with E-state index in [0.717, 1.165) is 10.6 Å². The largest absolute Gasteiger partial charge is 0.492 e. The Bertz CT molecular complexity index is 640. The first-order chi connectivity index (χ1) is 9.54. The molecule has 0 spiro atoms. The third-order valence-corrected chi connectivity index (χ3v) is 4.43. The van der Waals surface area contributed by atoms with Crippen LogP contribution in [-0.2, 0) is 6.54 Å². The molecule has 106 valence electrons. The van der Waals surface area contributed by atoms with E-state index in [1.54, 1.807) is 0 Å². The summed E-state index contributed by atoms with van der Waals surface area (Å²) in [7, 11) is 1.53. The van der Waals surface area contributed by atoms with Crippen LogP contribution in [0.25, 0.3) is 0 Å². The minimum absolute atomic E-state index is 0.0726. The van der Waals surface area contributed by atoms with E-state index in [2.05, 4.69) is 5.32 Å². The number of nitrogen functional groups attached to an aromatic ring is 1. The van der Waals surface area contributed by atoms with E-state index < -0.39 is 0 Å². The molecule has 1 heterocycles. The summed E-state index contributed by atoms with van der Waals surface area (Å²) in [6, 6.07) is 7.57. The van der Waals surface area contributed by atoms with Crippen molar-refractivity contribution >= 4 is 39.4 Å². The second-order valence-corrected chi connectivity index (χ2v) is 5.64. The minimum atomic E-state index is -0.0726. The Balaban J connectivity index is 2.24. The number of carbonyl (C=O) groups is 1. The highest BCUT2D eigenvalue weighted by molar-refractivity contribution is 7.19. The average Bonchev–Trinajstić information content (AvgIpc) is 2.74. The van der Waals surface area contributed by atoms with Crippen LogP contribution in [0.4, 0.5) is 10.7 Å². The predicted octanol–water partition coefficient (Wildman–Crippen LogP) is 3.81. The maximum absolute atomic E-state index is 11.5. The second kappa shape index (κ2) is 6.15. The lowest BCUT2D eigenvalue weighted by Gasteiger charge is -2.08. The van der Waals surface area contributed by atoms with E-state index in [9.17, 15) is 4.79 Å². The van der Waals surface area contributed by atoms with Gasteiger partial charge in [-0.1, -0.05) is 29.8 Å². The van der Waals surface area contributed by atoms with Crippen LogP contribution in [0.2, 0.25) is 5.02 Å². The Labute approximate surface area is 126 Å². The van der Waals surface area contributed by atoms with Crippen molar-refractivity contribution in [3.05, 3.63) is 39.7 Å². The van der Waals surface area contributed by atoms with Gasteiger partial charge in [0.05, 0.1) is 17.7 Å². The second-order valence-electron chi connectivity index (χ2n) is 4.21. The maximum Gasteiger partial charge on any atom is 0.176 e. The molecule has 0 atom stereocenters. The third kappa shape index (κ3) is 2.89. The molecule has 0 saturated carbocycles. The van der Waals surface area contributed by atoms with E-state index in [4.69, 9.17) is 22.1 Å². The molecule has 0 radical (unpaired) electrons. The lowest BCUT2D eigenvalue weighted by atomic mass is 10.2. The van der Waals surface area contributed by atoms with Crippen LogP contribution >= 0.6 is 22.9 Å². The molecule has 0 saturated heterocycles. The van der Waals surface area contributed by atoms with Gasteiger partial charge in [-0.2, -0.15) is 0 Å². The van der Waals surface area contributed by atoms with E-state index in [1.807, 2.05) is 24.3 Å². The van der Waals surface area contributed by atoms with Gasteiger partial charge in [0.1, 0.15) is 5.00 Å². The molecule has 0 bridgehead atoms. The normalized spacial score (nSPS) is 10.3. The van der Waals surface area contributed by atoms with Gasteiger partial charge in [-0.05, 0) is 11.6 Å². The molecule has 6 heteroatoms. The molecule has 0 unspecified atom stereocenters. The number of hydrogen-bond donors (Lipinski definition) is 2. The number of nitrogens with one attached hydrogen (secondary N) is 1. The first kappa shape index (κ1) is 14.7. The van der Waals surface area contributed by atoms with Crippen molar-refractivity contribution in [2.75, 3.05) is 18.2 Å². The highest BCUT2D eigenvalue weighted by atomic mass is 35.5. The number of nitrogens with two attached hydrogens (primary N) is 1. The van der Waals surface area contributed by atoms with Gasteiger partial charge >= 0.3 is 0 Å². The zero-order chi connectivity index (χ0) is 14.7. The summed E-state index contributed by atoms with van der Waals surface area (Å²) in [4.78, 5) is 12.0. The smallest absolute Gasteiger partial charge is 0.176 e. The van der Waals surface area contributed by atoms with Crippen LogP contribution in [0.3, 0.4) is 0 Å². The van der Waals surface area contributed by atoms with E-state index >= 15 is 0 Å². The Morgan fingerprint density at radius 1 is 1.45 bits per heavy atom. The van der Waals surface area contributed by atoms with Crippen molar-refractivity contribution < 1.29 is 9.53 Å². The van der Waals surface area contributed by atoms with Crippen molar-refractivity contribution in [2.45, 2.75) is 13.5 Å². The molecule has 2 rings (SSSR count). The summed E-state index contributed by atoms with van der Waals surface area (Å²) in [5.74, 6) is 0.434. The number of benzene rings is 1. The van der Waals surface area contributed by atoms with E-state index in [0.29, 0.717) is 27.9 Å². The van der Waals surface area contributed by atoms with Crippen LogP contribution in [0.15, 0.2) is 24.3 Å². The van der Waals surface area contributed by atoms with Crippen molar-refractivity contribution in [1.82, 2.24) is 0 Å². The number of methoxy groups -OCH3 is 1. The van der Waals surface area contributed by atoms with E-state index in [-0.39, 0.29) is 5.78 Å². The maximum atomic E-state index is 11.5. The van der Waals surface area contributed by atoms with Crippen molar-refractivity contribution in [3.63, 3.8) is 0 Å². The Morgan fingerprint density at radius 2 is 2.15 bits per heavy atom. The molecule has 0 amide bonds. The molecule has 3 N–H and O–H groups in total. The van der Waals surface area contributed by atoms with Gasteiger partial charge in [-0.15, -0.1) is 11.3 Å². The van der Waals surface area contributed by atoms with Crippen molar-refractivity contribution in [1.29, 1.82) is 0 Å². The molecule has 0 fully saturated rings. The summed E-state index contributed by atoms with van der Waals surface area (Å²) in [6.45, 7) is 2.02. The Hall–Kier alpha value is -1.72. The number of hydrogen-bond acceptors (Lipinski definition) is 5. The molecule has 0 aliphatic heterocycles. The summed E-state index contributed by atoms with van der Waals surface area (Å²) in [6.07, 6.45) is 0. The summed E-state index contributed by atoms with van der Waals surface area (Å²) >= 11 is 7.39. The molecule has 0 aliphatic rings. The quantitative estimate of drug-likeness (QED) is 0.824. The van der Waals surface area contributed by atoms with Crippen LogP contribution in [0.1, 0.15) is 22.2 Å². The number of anilines is 2. The van der Waals surface area contributed by atoms with Crippen LogP contribution in [0.5, 0.6) is 5.75 Å². The molecule has 0 aliphatic carbocycles. The van der Waals surface area contributed by atoms with Crippen molar-refractivity contribution in [3.8, 4) is 5.75 Å². The SMILES string of the molecule is COc1c(NCc2ccccc2Cl)sc(C(C)=O)c1N. The lowest BCUT2D eigenvalue weighted by molar-refractivity contribution is 0.102. The number of halogens is 1. The van der Waals surface area contributed by atoms with Crippen LogP contribution < -0.4 is 15.8 Å². The Morgan fingerprint density at radius 3 is 2.75 bits per heavy atom. The zero-order valence-corrected chi connectivity index (χ0v) is 12.8. The molecule has 1 aromatic carbocycles. The predicted molar refractivity (Wildman–Crippen MR) is 84.1 cm³/mol. The summed E-state index contributed by atoms with van der Waals surface area (Å²) in [5, 5.41) is 4.64. The number of Topliss-reactive ketones (excluding diaryl/α,β-unsaturated/α-hetero) is 1. The molecule has 1 aromatic heterocycles. The van der Waals surface area contributed by atoms with Crippen LogP contribution in [-0.4, -0.2) is 12.9 Å². The van der Waals surface area contributed by atoms with Gasteiger partial charge in [-0.25, -0.2) is 0 Å². The van der Waals surface area contributed by atoms with Gasteiger partial charge < -0.3 is 15.8 Å². The minimum Gasteiger partial charge on any atom is -0.492 e. The lowest BCUT2D eigenvalue weighted by Crippen LogP contribution is -2.00. The van der Waals surface area contributed by atoms with Gasteiger partial charge in [0.15, 0.2) is 11.5 Å². The highest BCUT2D eigenvalue weighted by Gasteiger charge is 2.19. The first-order valence-corrected chi connectivity index (χ1v) is 7.18. The Kier molecular flexibility index (Phi) is 4.52. The number of ketones is 1. The molecule has 2 aromatic rings. The zero-order valence-electron chi connectivity index (χ0n) is 11.2. The topological polar surface area (TPSA) is 64.3 Å². The van der Waals surface area contributed by atoms with Gasteiger partial charge in [-0.3, -0.25) is 4.79 Å². The standard InChI is InChI=1S/C14H15ClN2O2S/c1-8(18)13-11(16)12(19-2)14(20-13)17-7-9-5-3-4-6-10(9)15/h3-6,17H,7,16H2,1-2H3. The fourth-order valence-corrected chi connectivity index (χ4v) is 3.01. The van der Waals surface area contributed by atoms with Gasteiger partial charge in [0.25, 0.3) is 0 Å². The highest BCUT2D eigenvalue weighted by Crippen LogP contribution is 2.42. The monoisotopic (exact) mass is 310 g/mol. The number of carbonyl (C=O) groups excluding carboxylic acids is 1.